The number of piperidine rings is 4. The van der Waals surface area contributed by atoms with E-state index in [9.17, 15) is 14.4 Å². The van der Waals surface area contributed by atoms with Gasteiger partial charge in [-0.15, -0.1) is 0 Å². The molecule has 0 bridgehead atoms. The Labute approximate surface area is 379 Å². The summed E-state index contributed by atoms with van der Waals surface area (Å²) in [5.41, 5.74) is 10.5. The van der Waals surface area contributed by atoms with Gasteiger partial charge in [-0.2, -0.15) is 5.10 Å². The molecule has 4 fully saturated rings. The molecule has 1 atom stereocenters. The van der Waals surface area contributed by atoms with Crippen molar-refractivity contribution in [3.63, 3.8) is 0 Å². The van der Waals surface area contributed by atoms with Crippen molar-refractivity contribution >= 4 is 29.6 Å². The number of nitrogens with two attached hydrogens (primary N) is 1. The molecule has 3 aromatic carbocycles. The number of nitrogens with zero attached hydrogens (tertiary/aromatic N) is 6. The van der Waals surface area contributed by atoms with E-state index in [1.165, 1.54) is 96.9 Å². The van der Waals surface area contributed by atoms with E-state index < -0.39 is 6.04 Å². The summed E-state index contributed by atoms with van der Waals surface area (Å²) in [6.07, 6.45) is 12.7. The smallest absolute Gasteiger partial charge is 0.255 e. The summed E-state index contributed by atoms with van der Waals surface area (Å²) in [6, 6.07) is 23.2. The highest BCUT2D eigenvalue weighted by Gasteiger charge is 2.38. The summed E-state index contributed by atoms with van der Waals surface area (Å²) in [7, 11) is 1.50. The second kappa shape index (κ2) is 21.5. The van der Waals surface area contributed by atoms with E-state index in [2.05, 4.69) is 54.9 Å². The van der Waals surface area contributed by atoms with Gasteiger partial charge in [-0.05, 0) is 163 Å². The number of rotatable bonds is 10. The summed E-state index contributed by atoms with van der Waals surface area (Å²) in [6.45, 7) is 16.1. The number of aldehydes is 1. The van der Waals surface area contributed by atoms with Gasteiger partial charge in [-0.3, -0.25) is 14.4 Å². The van der Waals surface area contributed by atoms with Crippen molar-refractivity contribution in [3.8, 4) is 22.8 Å². The maximum Gasteiger partial charge on any atom is 0.255 e. The lowest BCUT2D eigenvalue weighted by Crippen LogP contribution is -2.49. The Morgan fingerprint density at radius 2 is 1.45 bits per heavy atom. The first kappa shape index (κ1) is 45.1. The Kier molecular flexibility index (Phi) is 15.1. The fraction of sp³-hybridized carbons (Fsp3) is 0.490. The SMILES string of the molecule is C=C1CCC(N2Cc3cc(N4CCC(CN5CCC(CN6CCCCC6)CC5)CC4)ccc3C2=O)C(=O)N1.CN.O=Cc1c(-c2ccc(Oc3ccccc3)cc2)nn2c1NCCC2. The highest BCUT2D eigenvalue weighted by atomic mass is 16.5. The van der Waals surface area contributed by atoms with Crippen molar-refractivity contribution in [2.24, 2.45) is 17.6 Å². The number of benzene rings is 3. The maximum absolute atomic E-state index is 13.1. The molecule has 4 saturated heterocycles. The molecule has 6 aliphatic heterocycles. The predicted molar refractivity (Wildman–Crippen MR) is 254 cm³/mol. The Hall–Kier alpha value is -5.50. The standard InChI is InChI=1S/C31H45N5O2.C19H17N3O2.CH5N/c1-23-5-8-29(30(37)32-23)36-22-26-19-27(6-7-28(26)31(36)38)35-17-11-25(12-18-35)21-34-15-9-24(10-16-34)20-33-13-3-2-4-14-33;23-13-17-18(21-22-12-4-11-20-19(17)22)14-7-9-16(10-8-14)24-15-5-2-1-3-6-15;1-2/h6-7,19,24-25,29H,1-5,8-18,20-22H2,(H,32,37);1-3,5-10,13,20H,4,11-12H2;2H2,1H3. The molecule has 0 radical (unpaired) electrons. The first-order valence-electron chi connectivity index (χ1n) is 23.7. The summed E-state index contributed by atoms with van der Waals surface area (Å²) < 4.78 is 7.67. The molecule has 0 spiro atoms. The Bertz CT molecular complexity index is 2200. The number of nitrogens with one attached hydrogen (secondary N) is 2. The van der Waals surface area contributed by atoms with Crippen LogP contribution in [-0.2, 0) is 17.9 Å². The normalized spacial score (nSPS) is 20.8. The molecule has 10 rings (SSSR count). The molecule has 6 aliphatic rings. The molecule has 340 valence electrons. The van der Waals surface area contributed by atoms with E-state index >= 15 is 0 Å². The first-order chi connectivity index (χ1) is 31.4. The van der Waals surface area contributed by atoms with E-state index in [1.54, 1.807) is 4.90 Å². The fourth-order valence-electron chi connectivity index (χ4n) is 10.3. The van der Waals surface area contributed by atoms with Crippen LogP contribution < -0.4 is 26.0 Å². The van der Waals surface area contributed by atoms with Crippen LogP contribution in [0.4, 0.5) is 11.5 Å². The Balaban J connectivity index is 0.000000185. The van der Waals surface area contributed by atoms with Gasteiger partial charge in [0.1, 0.15) is 29.1 Å². The minimum atomic E-state index is -0.394. The summed E-state index contributed by atoms with van der Waals surface area (Å²) in [5, 5.41) is 10.7. The number of anilines is 2. The van der Waals surface area contributed by atoms with E-state index in [4.69, 9.17) is 4.74 Å². The molecule has 0 aliphatic carbocycles. The number of ether oxygens (including phenoxy) is 1. The first-order valence-corrected chi connectivity index (χ1v) is 23.7. The Morgan fingerprint density at radius 3 is 2.14 bits per heavy atom. The lowest BCUT2D eigenvalue weighted by Gasteiger charge is -2.39. The summed E-state index contributed by atoms with van der Waals surface area (Å²) in [5.74, 6) is 3.93. The van der Waals surface area contributed by atoms with Crippen LogP contribution in [0, 0.1) is 11.8 Å². The average molecular weight is 870 g/mol. The zero-order valence-electron chi connectivity index (χ0n) is 37.7. The second-order valence-electron chi connectivity index (χ2n) is 18.1. The van der Waals surface area contributed by atoms with Crippen LogP contribution in [0.2, 0.25) is 0 Å². The molecule has 2 amide bonds. The Morgan fingerprint density at radius 1 is 0.781 bits per heavy atom. The number of fused-ring (bicyclic) bond motifs is 2. The van der Waals surface area contributed by atoms with Gasteiger partial charge in [-0.1, -0.05) is 31.2 Å². The third-order valence-corrected chi connectivity index (χ3v) is 13.8. The highest BCUT2D eigenvalue weighted by molar-refractivity contribution is 6.02. The van der Waals surface area contributed by atoms with Crippen LogP contribution in [0.1, 0.15) is 90.5 Å². The number of allylic oxidation sites excluding steroid dienone is 1. The number of likely N-dealkylation sites (tertiary alicyclic amines) is 2. The number of hydrogen-bond donors (Lipinski definition) is 3. The minimum absolute atomic E-state index is 0.0161. The van der Waals surface area contributed by atoms with Crippen LogP contribution in [-0.4, -0.2) is 115 Å². The maximum atomic E-state index is 13.1. The van der Waals surface area contributed by atoms with E-state index in [0.717, 1.165) is 96.8 Å². The highest BCUT2D eigenvalue weighted by Crippen LogP contribution is 2.34. The van der Waals surface area contributed by atoms with Crippen LogP contribution in [0.25, 0.3) is 11.3 Å². The number of amides is 2. The van der Waals surface area contributed by atoms with Gasteiger partial charge in [0.25, 0.3) is 5.91 Å². The number of carbonyl (C=O) groups is 3. The molecule has 1 aromatic heterocycles. The van der Waals surface area contributed by atoms with Gasteiger partial charge in [-0.25, -0.2) is 4.68 Å². The largest absolute Gasteiger partial charge is 0.457 e. The number of aryl methyl sites for hydroxylation is 1. The van der Waals surface area contributed by atoms with Crippen molar-refractivity contribution in [1.82, 2.24) is 29.8 Å². The third kappa shape index (κ3) is 10.7. The summed E-state index contributed by atoms with van der Waals surface area (Å²) in [4.78, 5) is 46.8. The van der Waals surface area contributed by atoms with Crippen molar-refractivity contribution in [3.05, 3.63) is 102 Å². The number of hydrogen-bond acceptors (Lipinski definition) is 10. The molecule has 4 N–H and O–H groups in total. The van der Waals surface area contributed by atoms with Crippen LogP contribution >= 0.6 is 0 Å². The van der Waals surface area contributed by atoms with Gasteiger partial charge in [0.15, 0.2) is 6.29 Å². The molecule has 13 heteroatoms. The van der Waals surface area contributed by atoms with Crippen LogP contribution in [0.15, 0.2) is 85.1 Å². The fourth-order valence-corrected chi connectivity index (χ4v) is 10.3. The topological polar surface area (TPSA) is 141 Å². The molecule has 1 unspecified atom stereocenters. The number of aromatic nitrogens is 2. The monoisotopic (exact) mass is 870 g/mol. The molecule has 7 heterocycles. The number of para-hydroxylation sites is 1. The predicted octanol–water partition coefficient (Wildman–Crippen LogP) is 7.39. The van der Waals surface area contributed by atoms with Gasteiger partial charge in [0, 0.05) is 68.3 Å². The quantitative estimate of drug-likeness (QED) is 0.138. The van der Waals surface area contributed by atoms with E-state index in [0.29, 0.717) is 24.2 Å². The third-order valence-electron chi connectivity index (χ3n) is 13.8. The molecule has 4 aromatic rings. The average Bonchev–Trinajstić information content (AvgIpc) is 3.88. The second-order valence-corrected chi connectivity index (χ2v) is 18.1. The number of carbonyl (C=O) groups excluding carboxylic acids is 3. The van der Waals surface area contributed by atoms with Gasteiger partial charge >= 0.3 is 0 Å². The zero-order chi connectivity index (χ0) is 44.4. The van der Waals surface area contributed by atoms with Crippen LogP contribution in [0.5, 0.6) is 11.5 Å². The van der Waals surface area contributed by atoms with Gasteiger partial charge in [0.2, 0.25) is 5.91 Å². The van der Waals surface area contributed by atoms with Gasteiger partial charge in [0.05, 0.1) is 5.56 Å². The molecular formula is C51H67N9O4. The lowest BCUT2D eigenvalue weighted by atomic mass is 9.92. The van der Waals surface area contributed by atoms with E-state index in [1.807, 2.05) is 65.3 Å². The van der Waals surface area contributed by atoms with Crippen LogP contribution in [0.3, 0.4) is 0 Å². The summed E-state index contributed by atoms with van der Waals surface area (Å²) >= 11 is 0. The van der Waals surface area contributed by atoms with Crippen molar-refractivity contribution in [2.45, 2.75) is 83.3 Å². The van der Waals surface area contributed by atoms with Crippen molar-refractivity contribution < 1.29 is 19.1 Å². The van der Waals surface area contributed by atoms with Gasteiger partial charge < -0.3 is 40.7 Å². The molecular weight excluding hydrogens is 803 g/mol. The van der Waals surface area contributed by atoms with E-state index in [-0.39, 0.29) is 11.8 Å². The lowest BCUT2D eigenvalue weighted by molar-refractivity contribution is -0.126. The van der Waals surface area contributed by atoms with Crippen molar-refractivity contribution in [1.29, 1.82) is 0 Å². The zero-order valence-corrected chi connectivity index (χ0v) is 37.7. The van der Waals surface area contributed by atoms with Crippen molar-refractivity contribution in [2.75, 3.05) is 76.2 Å². The molecule has 64 heavy (non-hydrogen) atoms. The minimum Gasteiger partial charge on any atom is -0.457 e. The molecule has 0 saturated carbocycles. The molecule has 13 nitrogen and oxygen atoms in total.